The van der Waals surface area contributed by atoms with Crippen LogP contribution in [-0.4, -0.2) is 12.0 Å². The molecule has 0 unspecified atom stereocenters. The summed E-state index contributed by atoms with van der Waals surface area (Å²) in [5.41, 5.74) is 3.46. The SMILES string of the molecule is Cc1ccc(O[C@H](C)C(=O)NCc2cccc3ccccc23)cc1C. The minimum atomic E-state index is -0.544. The molecule has 3 rings (SSSR count). The van der Waals surface area contributed by atoms with Crippen molar-refractivity contribution >= 4 is 16.7 Å². The zero-order chi connectivity index (χ0) is 17.8. The number of fused-ring (bicyclic) bond motifs is 1. The van der Waals surface area contributed by atoms with E-state index in [2.05, 4.69) is 30.4 Å². The summed E-state index contributed by atoms with van der Waals surface area (Å²) in [6.07, 6.45) is -0.544. The van der Waals surface area contributed by atoms with Crippen molar-refractivity contribution in [2.75, 3.05) is 0 Å². The van der Waals surface area contributed by atoms with E-state index in [0.717, 1.165) is 22.3 Å². The van der Waals surface area contributed by atoms with Crippen molar-refractivity contribution in [1.82, 2.24) is 5.32 Å². The second-order valence-electron chi connectivity index (χ2n) is 6.36. The molecule has 0 aliphatic heterocycles. The molecule has 25 heavy (non-hydrogen) atoms. The summed E-state index contributed by atoms with van der Waals surface area (Å²) < 4.78 is 5.78. The molecule has 0 heterocycles. The van der Waals surface area contributed by atoms with Gasteiger partial charge in [0, 0.05) is 6.54 Å². The van der Waals surface area contributed by atoms with Gasteiger partial charge in [-0.1, -0.05) is 48.5 Å². The second-order valence-corrected chi connectivity index (χ2v) is 6.36. The molecule has 0 fully saturated rings. The minimum Gasteiger partial charge on any atom is -0.481 e. The molecule has 128 valence electrons. The maximum Gasteiger partial charge on any atom is 0.261 e. The van der Waals surface area contributed by atoms with E-state index < -0.39 is 6.10 Å². The van der Waals surface area contributed by atoms with Gasteiger partial charge >= 0.3 is 0 Å². The highest BCUT2D eigenvalue weighted by molar-refractivity contribution is 5.86. The predicted octanol–water partition coefficient (Wildman–Crippen LogP) is 4.54. The van der Waals surface area contributed by atoms with E-state index in [4.69, 9.17) is 4.74 Å². The van der Waals surface area contributed by atoms with Crippen molar-refractivity contribution < 1.29 is 9.53 Å². The van der Waals surface area contributed by atoms with Crippen molar-refractivity contribution in [2.45, 2.75) is 33.4 Å². The first kappa shape index (κ1) is 17.0. The number of hydrogen-bond acceptors (Lipinski definition) is 2. The molecule has 3 aromatic rings. The molecule has 0 saturated carbocycles. The number of nitrogens with one attached hydrogen (secondary N) is 1. The number of benzene rings is 3. The highest BCUT2D eigenvalue weighted by Crippen LogP contribution is 2.19. The monoisotopic (exact) mass is 333 g/mol. The summed E-state index contributed by atoms with van der Waals surface area (Å²) in [6, 6.07) is 20.2. The Morgan fingerprint density at radius 2 is 1.76 bits per heavy atom. The Kier molecular flexibility index (Phi) is 5.03. The van der Waals surface area contributed by atoms with Crippen LogP contribution >= 0.6 is 0 Å². The van der Waals surface area contributed by atoms with Crippen LogP contribution in [0.1, 0.15) is 23.6 Å². The van der Waals surface area contributed by atoms with Gasteiger partial charge in [0.15, 0.2) is 6.10 Å². The van der Waals surface area contributed by atoms with E-state index >= 15 is 0 Å². The van der Waals surface area contributed by atoms with Crippen molar-refractivity contribution in [2.24, 2.45) is 0 Å². The molecule has 0 radical (unpaired) electrons. The van der Waals surface area contributed by atoms with Gasteiger partial charge in [0.05, 0.1) is 0 Å². The van der Waals surface area contributed by atoms with Gasteiger partial charge in [-0.05, 0) is 60.4 Å². The summed E-state index contributed by atoms with van der Waals surface area (Å²) in [5, 5.41) is 5.31. The number of amides is 1. The summed E-state index contributed by atoms with van der Waals surface area (Å²) >= 11 is 0. The Bertz CT molecular complexity index is 896. The van der Waals surface area contributed by atoms with Gasteiger partial charge < -0.3 is 10.1 Å². The first-order valence-corrected chi connectivity index (χ1v) is 8.53. The fraction of sp³-hybridized carbons (Fsp3) is 0.227. The lowest BCUT2D eigenvalue weighted by atomic mass is 10.0. The van der Waals surface area contributed by atoms with Crippen LogP contribution in [-0.2, 0) is 11.3 Å². The molecule has 1 N–H and O–H groups in total. The molecule has 0 aliphatic rings. The Morgan fingerprint density at radius 3 is 2.56 bits per heavy atom. The lowest BCUT2D eigenvalue weighted by Crippen LogP contribution is -2.35. The zero-order valence-corrected chi connectivity index (χ0v) is 14.9. The van der Waals surface area contributed by atoms with E-state index in [1.807, 2.05) is 49.4 Å². The summed E-state index contributed by atoms with van der Waals surface area (Å²) in [5.74, 6) is 0.599. The van der Waals surface area contributed by atoms with Gasteiger partial charge in [-0.3, -0.25) is 4.79 Å². The van der Waals surface area contributed by atoms with Crippen molar-refractivity contribution in [3.05, 3.63) is 77.4 Å². The van der Waals surface area contributed by atoms with Crippen LogP contribution in [0.3, 0.4) is 0 Å². The number of carbonyl (C=O) groups is 1. The molecular weight excluding hydrogens is 310 g/mol. The molecule has 3 aromatic carbocycles. The summed E-state index contributed by atoms with van der Waals surface area (Å²) in [4.78, 5) is 12.4. The molecule has 0 bridgehead atoms. The van der Waals surface area contributed by atoms with Crippen LogP contribution in [0.15, 0.2) is 60.7 Å². The number of carbonyl (C=O) groups excluding carboxylic acids is 1. The zero-order valence-electron chi connectivity index (χ0n) is 14.9. The average molecular weight is 333 g/mol. The number of rotatable bonds is 5. The highest BCUT2D eigenvalue weighted by Gasteiger charge is 2.15. The fourth-order valence-corrected chi connectivity index (χ4v) is 2.82. The third-order valence-corrected chi connectivity index (χ3v) is 4.49. The molecule has 0 aromatic heterocycles. The van der Waals surface area contributed by atoms with Crippen molar-refractivity contribution in [3.8, 4) is 5.75 Å². The van der Waals surface area contributed by atoms with Crippen LogP contribution in [0.2, 0.25) is 0 Å². The fourth-order valence-electron chi connectivity index (χ4n) is 2.82. The second kappa shape index (κ2) is 7.39. The molecule has 1 atom stereocenters. The van der Waals surface area contributed by atoms with E-state index in [1.54, 1.807) is 6.92 Å². The van der Waals surface area contributed by atoms with E-state index in [9.17, 15) is 4.79 Å². The van der Waals surface area contributed by atoms with Gasteiger partial charge in [0.2, 0.25) is 0 Å². The minimum absolute atomic E-state index is 0.119. The van der Waals surface area contributed by atoms with Crippen LogP contribution in [0.4, 0.5) is 0 Å². The average Bonchev–Trinajstić information content (AvgIpc) is 2.62. The van der Waals surface area contributed by atoms with Crippen LogP contribution < -0.4 is 10.1 Å². The van der Waals surface area contributed by atoms with Gasteiger partial charge in [-0.2, -0.15) is 0 Å². The van der Waals surface area contributed by atoms with Gasteiger partial charge in [-0.25, -0.2) is 0 Å². The Labute approximate surface area is 148 Å². The molecule has 3 nitrogen and oxygen atoms in total. The molecule has 0 spiro atoms. The third-order valence-electron chi connectivity index (χ3n) is 4.49. The molecule has 0 aliphatic carbocycles. The molecule has 3 heteroatoms. The molecule has 1 amide bonds. The van der Waals surface area contributed by atoms with Crippen molar-refractivity contribution in [1.29, 1.82) is 0 Å². The molecular formula is C22H23NO2. The van der Waals surface area contributed by atoms with E-state index in [0.29, 0.717) is 6.54 Å². The summed E-state index contributed by atoms with van der Waals surface area (Å²) in [6.45, 7) is 6.35. The van der Waals surface area contributed by atoms with Crippen LogP contribution in [0.5, 0.6) is 5.75 Å². The highest BCUT2D eigenvalue weighted by atomic mass is 16.5. The van der Waals surface area contributed by atoms with Gasteiger partial charge in [-0.15, -0.1) is 0 Å². The van der Waals surface area contributed by atoms with Crippen LogP contribution in [0.25, 0.3) is 10.8 Å². The van der Waals surface area contributed by atoms with E-state index in [-0.39, 0.29) is 5.91 Å². The number of aryl methyl sites for hydroxylation is 2. The van der Waals surface area contributed by atoms with E-state index in [1.165, 1.54) is 10.9 Å². The van der Waals surface area contributed by atoms with Gasteiger partial charge in [0.25, 0.3) is 5.91 Å². The largest absolute Gasteiger partial charge is 0.481 e. The number of hydrogen-bond donors (Lipinski definition) is 1. The standard InChI is InChI=1S/C22H23NO2/c1-15-11-12-20(13-16(15)2)25-17(3)22(24)23-14-19-9-6-8-18-7-4-5-10-21(18)19/h4-13,17H,14H2,1-3H3,(H,23,24)/t17-/m1/s1. The Morgan fingerprint density at radius 1 is 1.00 bits per heavy atom. The maximum atomic E-state index is 12.4. The predicted molar refractivity (Wildman–Crippen MR) is 102 cm³/mol. The Hall–Kier alpha value is -2.81. The first-order valence-electron chi connectivity index (χ1n) is 8.53. The Balaban J connectivity index is 1.64. The smallest absolute Gasteiger partial charge is 0.261 e. The quantitative estimate of drug-likeness (QED) is 0.744. The molecule has 0 saturated heterocycles. The van der Waals surface area contributed by atoms with Crippen molar-refractivity contribution in [3.63, 3.8) is 0 Å². The summed E-state index contributed by atoms with van der Waals surface area (Å²) in [7, 11) is 0. The number of ether oxygens (including phenoxy) is 1. The lowest BCUT2D eigenvalue weighted by Gasteiger charge is -2.16. The normalized spacial score (nSPS) is 12.0. The maximum absolute atomic E-state index is 12.4. The lowest BCUT2D eigenvalue weighted by molar-refractivity contribution is -0.127. The first-order chi connectivity index (χ1) is 12.0. The topological polar surface area (TPSA) is 38.3 Å². The third kappa shape index (κ3) is 4.00. The van der Waals surface area contributed by atoms with Crippen LogP contribution in [0, 0.1) is 13.8 Å². The van der Waals surface area contributed by atoms with Gasteiger partial charge in [0.1, 0.15) is 5.75 Å².